The van der Waals surface area contributed by atoms with E-state index in [0.29, 0.717) is 18.4 Å². The smallest absolute Gasteiger partial charge is 0.212 e. The number of nitrogens with zero attached hydrogens (tertiary/aromatic N) is 2. The predicted molar refractivity (Wildman–Crippen MR) is 128 cm³/mol. The Labute approximate surface area is 194 Å². The van der Waals surface area contributed by atoms with Gasteiger partial charge in [-0.25, -0.2) is 0 Å². The molecular formula is C27H19BrN2O2. The Balaban J connectivity index is 1.51. The van der Waals surface area contributed by atoms with Crippen molar-refractivity contribution in [2.75, 3.05) is 0 Å². The summed E-state index contributed by atoms with van der Waals surface area (Å²) in [6.45, 7) is 0. The summed E-state index contributed by atoms with van der Waals surface area (Å²) in [5.41, 5.74) is 4.08. The van der Waals surface area contributed by atoms with Crippen LogP contribution in [0.3, 0.4) is 0 Å². The third-order valence-electron chi connectivity index (χ3n) is 6.48. The van der Waals surface area contributed by atoms with Crippen molar-refractivity contribution in [2.24, 2.45) is 5.16 Å². The number of carbonyl (C=O) groups excluding carboxylic acids is 1. The maximum absolute atomic E-state index is 14.1. The fourth-order valence-electron chi connectivity index (χ4n) is 4.92. The topological polar surface area (TPSA) is 51.5 Å². The molecule has 4 aromatic rings. The number of pyridine rings is 1. The van der Waals surface area contributed by atoms with E-state index in [-0.39, 0.29) is 11.7 Å². The van der Waals surface area contributed by atoms with Gasteiger partial charge in [-0.3, -0.25) is 9.78 Å². The van der Waals surface area contributed by atoms with Crippen LogP contribution in [0.1, 0.15) is 39.5 Å². The van der Waals surface area contributed by atoms with Crippen LogP contribution in [-0.4, -0.2) is 22.1 Å². The lowest BCUT2D eigenvalue weighted by molar-refractivity contribution is -0.0198. The molecule has 0 saturated heterocycles. The molecule has 2 aliphatic rings. The molecule has 32 heavy (non-hydrogen) atoms. The highest BCUT2D eigenvalue weighted by molar-refractivity contribution is 9.10. The second-order valence-corrected chi connectivity index (χ2v) is 9.23. The first-order valence-corrected chi connectivity index (χ1v) is 11.5. The summed E-state index contributed by atoms with van der Waals surface area (Å²) in [5, 5.41) is 5.47. The monoisotopic (exact) mass is 482 g/mol. The molecule has 6 rings (SSSR count). The maximum Gasteiger partial charge on any atom is 0.212 e. The van der Waals surface area contributed by atoms with Gasteiger partial charge in [0.2, 0.25) is 11.4 Å². The Bertz CT molecular complexity index is 1380. The van der Waals surface area contributed by atoms with Crippen LogP contribution < -0.4 is 0 Å². The lowest BCUT2D eigenvalue weighted by Gasteiger charge is -2.35. The number of halogens is 1. The number of aryl methyl sites for hydroxylation is 1. The molecule has 0 bridgehead atoms. The van der Waals surface area contributed by atoms with Gasteiger partial charge < -0.3 is 4.84 Å². The summed E-state index contributed by atoms with van der Waals surface area (Å²) in [5.74, 6) is -0.343. The molecule has 0 amide bonds. The molecule has 1 aliphatic heterocycles. The average molecular weight is 483 g/mol. The predicted octanol–water partition coefficient (Wildman–Crippen LogP) is 6.08. The number of aromatic nitrogens is 1. The number of carbonyl (C=O) groups is 1. The van der Waals surface area contributed by atoms with Crippen LogP contribution >= 0.6 is 15.9 Å². The maximum atomic E-state index is 14.1. The van der Waals surface area contributed by atoms with Gasteiger partial charge in [-0.05, 0) is 36.2 Å². The minimum atomic E-state index is -1.07. The SMILES string of the molecule is O=C1c2cc3ccccc3nc2CC[C@]12ON=C(c1ccccc1)[C@H]2c1ccc(Br)cc1. The van der Waals surface area contributed by atoms with Crippen LogP contribution in [0.2, 0.25) is 0 Å². The number of oxime groups is 1. The van der Waals surface area contributed by atoms with Gasteiger partial charge in [0, 0.05) is 27.4 Å². The van der Waals surface area contributed by atoms with Crippen LogP contribution in [0.15, 0.2) is 94.6 Å². The zero-order valence-electron chi connectivity index (χ0n) is 17.2. The first-order chi connectivity index (χ1) is 15.7. The van der Waals surface area contributed by atoms with Gasteiger partial charge in [0.1, 0.15) is 0 Å². The van der Waals surface area contributed by atoms with Gasteiger partial charge in [-0.15, -0.1) is 0 Å². The molecule has 0 radical (unpaired) electrons. The Morgan fingerprint density at radius 3 is 2.50 bits per heavy atom. The molecule has 2 heterocycles. The van der Waals surface area contributed by atoms with E-state index >= 15 is 0 Å². The van der Waals surface area contributed by atoms with E-state index in [4.69, 9.17) is 9.82 Å². The molecule has 0 fully saturated rings. The van der Waals surface area contributed by atoms with Gasteiger partial charge in [0.25, 0.3) is 0 Å². The molecule has 1 spiro atoms. The van der Waals surface area contributed by atoms with Crippen LogP contribution in [0, 0.1) is 0 Å². The number of para-hydroxylation sites is 1. The van der Waals surface area contributed by atoms with Crippen LogP contribution in [0.5, 0.6) is 0 Å². The first kappa shape index (κ1) is 19.4. The molecule has 2 atom stereocenters. The van der Waals surface area contributed by atoms with E-state index in [2.05, 4.69) is 21.1 Å². The lowest BCUT2D eigenvalue weighted by Crippen LogP contribution is -2.48. The summed E-state index contributed by atoms with van der Waals surface area (Å²) in [6, 6.07) is 27.9. The third-order valence-corrected chi connectivity index (χ3v) is 7.01. The number of benzene rings is 3. The summed E-state index contributed by atoms with van der Waals surface area (Å²) < 4.78 is 0.989. The number of ketones is 1. The second kappa shape index (κ2) is 7.38. The quantitative estimate of drug-likeness (QED) is 0.347. The van der Waals surface area contributed by atoms with Gasteiger partial charge in [0.15, 0.2) is 0 Å². The van der Waals surface area contributed by atoms with Crippen LogP contribution in [-0.2, 0) is 11.3 Å². The molecule has 3 aromatic carbocycles. The number of rotatable bonds is 2. The molecule has 4 nitrogen and oxygen atoms in total. The van der Waals surface area contributed by atoms with Crippen molar-refractivity contribution in [3.63, 3.8) is 0 Å². The minimum absolute atomic E-state index is 0.0420. The second-order valence-electron chi connectivity index (χ2n) is 8.31. The van der Waals surface area contributed by atoms with Crippen molar-refractivity contribution < 1.29 is 9.63 Å². The van der Waals surface area contributed by atoms with Crippen molar-refractivity contribution in [3.05, 3.63) is 112 Å². The summed E-state index contributed by atoms with van der Waals surface area (Å²) >= 11 is 3.52. The number of fused-ring (bicyclic) bond motifs is 2. The van der Waals surface area contributed by atoms with Crippen molar-refractivity contribution in [1.82, 2.24) is 4.98 Å². The highest BCUT2D eigenvalue weighted by atomic mass is 79.9. The van der Waals surface area contributed by atoms with E-state index < -0.39 is 5.60 Å². The van der Waals surface area contributed by atoms with E-state index in [1.54, 1.807) is 0 Å². The fraction of sp³-hybridized carbons (Fsp3) is 0.148. The molecule has 0 saturated carbocycles. The molecule has 5 heteroatoms. The molecule has 1 aromatic heterocycles. The van der Waals surface area contributed by atoms with E-state index in [0.717, 1.165) is 37.9 Å². The Morgan fingerprint density at radius 1 is 0.938 bits per heavy atom. The molecule has 1 aliphatic carbocycles. The van der Waals surface area contributed by atoms with Gasteiger partial charge >= 0.3 is 0 Å². The van der Waals surface area contributed by atoms with Gasteiger partial charge in [-0.1, -0.05) is 81.7 Å². The minimum Gasteiger partial charge on any atom is -0.379 e. The van der Waals surface area contributed by atoms with E-state index in [9.17, 15) is 4.79 Å². The van der Waals surface area contributed by atoms with Crippen LogP contribution in [0.4, 0.5) is 0 Å². The fourth-order valence-corrected chi connectivity index (χ4v) is 5.18. The van der Waals surface area contributed by atoms with E-state index in [1.165, 1.54) is 0 Å². The lowest BCUT2D eigenvalue weighted by atomic mass is 9.68. The van der Waals surface area contributed by atoms with Crippen molar-refractivity contribution in [2.45, 2.75) is 24.4 Å². The van der Waals surface area contributed by atoms with Crippen molar-refractivity contribution in [1.29, 1.82) is 0 Å². The van der Waals surface area contributed by atoms with Crippen molar-refractivity contribution in [3.8, 4) is 0 Å². The molecular weight excluding hydrogens is 464 g/mol. The normalized spacial score (nSPS) is 22.0. The van der Waals surface area contributed by atoms with Crippen LogP contribution in [0.25, 0.3) is 10.9 Å². The summed E-state index contributed by atoms with van der Waals surface area (Å²) in [4.78, 5) is 25.0. The number of hydrogen-bond acceptors (Lipinski definition) is 4. The number of hydrogen-bond donors (Lipinski definition) is 0. The Kier molecular flexibility index (Phi) is 4.47. The molecule has 156 valence electrons. The first-order valence-electron chi connectivity index (χ1n) is 10.7. The number of Topliss-reactive ketones (excluding diaryl/α,β-unsaturated/α-hetero) is 1. The van der Waals surface area contributed by atoms with Crippen molar-refractivity contribution >= 4 is 38.3 Å². The van der Waals surface area contributed by atoms with Gasteiger partial charge in [-0.2, -0.15) is 0 Å². The average Bonchev–Trinajstić information content (AvgIpc) is 3.22. The van der Waals surface area contributed by atoms with Gasteiger partial charge in [0.05, 0.1) is 22.8 Å². The largest absolute Gasteiger partial charge is 0.379 e. The zero-order valence-corrected chi connectivity index (χ0v) is 18.7. The Morgan fingerprint density at radius 2 is 1.69 bits per heavy atom. The highest BCUT2D eigenvalue weighted by Gasteiger charge is 2.57. The standard InChI is InChI=1S/C27H19BrN2O2/c28-20-12-10-17(11-13-20)24-25(18-6-2-1-3-7-18)30-32-27(24)15-14-23-21(26(27)31)16-19-8-4-5-9-22(19)29-23/h1-13,16,24H,14-15H2/t24-,27-/m1/s1. The molecule has 0 unspecified atom stereocenters. The Hall–Kier alpha value is -3.31. The van der Waals surface area contributed by atoms with E-state index in [1.807, 2.05) is 84.9 Å². The third kappa shape index (κ3) is 2.92. The zero-order chi connectivity index (χ0) is 21.7. The molecule has 0 N–H and O–H groups in total. The highest BCUT2D eigenvalue weighted by Crippen LogP contribution is 2.47. The summed E-state index contributed by atoms with van der Waals surface area (Å²) in [7, 11) is 0. The summed E-state index contributed by atoms with van der Waals surface area (Å²) in [6.07, 6.45) is 1.20.